The van der Waals surface area contributed by atoms with Gasteiger partial charge in [-0.2, -0.15) is 0 Å². The Kier molecular flexibility index (Phi) is 9.25. The number of nitrogens with zero attached hydrogens (tertiary/aromatic N) is 1. The van der Waals surface area contributed by atoms with Gasteiger partial charge in [-0.05, 0) is 52.0 Å². The SMILES string of the molecule is CC(C)(C)OC(=O)NCCCCOC1CCN(C(=O)OCc2ccccc2)CC1. The number of piperidine rings is 1. The fourth-order valence-corrected chi connectivity index (χ4v) is 3.00. The van der Waals surface area contributed by atoms with Gasteiger partial charge in [0.2, 0.25) is 0 Å². The van der Waals surface area contributed by atoms with Crippen LogP contribution in [0.5, 0.6) is 0 Å². The van der Waals surface area contributed by atoms with Gasteiger partial charge in [-0.1, -0.05) is 30.3 Å². The van der Waals surface area contributed by atoms with Gasteiger partial charge in [-0.25, -0.2) is 9.59 Å². The molecule has 0 spiro atoms. The summed E-state index contributed by atoms with van der Waals surface area (Å²) >= 11 is 0. The van der Waals surface area contributed by atoms with Gasteiger partial charge in [-0.3, -0.25) is 0 Å². The number of unbranched alkanes of at least 4 members (excludes halogenated alkanes) is 1. The Balaban J connectivity index is 1.50. The third-order valence-corrected chi connectivity index (χ3v) is 4.50. The molecule has 1 aliphatic heterocycles. The van der Waals surface area contributed by atoms with E-state index in [-0.39, 0.29) is 18.3 Å². The second-order valence-corrected chi connectivity index (χ2v) is 8.23. The second-order valence-electron chi connectivity index (χ2n) is 8.23. The lowest BCUT2D eigenvalue weighted by Crippen LogP contribution is -2.41. The van der Waals surface area contributed by atoms with Crippen LogP contribution in [0.3, 0.4) is 0 Å². The smallest absolute Gasteiger partial charge is 0.410 e. The van der Waals surface area contributed by atoms with Crippen LogP contribution in [-0.2, 0) is 20.8 Å². The van der Waals surface area contributed by atoms with Crippen molar-refractivity contribution in [2.45, 2.75) is 64.8 Å². The molecule has 2 amide bonds. The highest BCUT2D eigenvalue weighted by atomic mass is 16.6. The molecule has 7 nitrogen and oxygen atoms in total. The lowest BCUT2D eigenvalue weighted by atomic mass is 10.1. The number of carbonyl (C=O) groups excluding carboxylic acids is 2. The fourth-order valence-electron chi connectivity index (χ4n) is 3.00. The molecular formula is C22H34N2O5. The lowest BCUT2D eigenvalue weighted by Gasteiger charge is -2.31. The van der Waals surface area contributed by atoms with Gasteiger partial charge < -0.3 is 24.4 Å². The quantitative estimate of drug-likeness (QED) is 0.658. The van der Waals surface area contributed by atoms with Crippen LogP contribution < -0.4 is 5.32 Å². The van der Waals surface area contributed by atoms with Crippen molar-refractivity contribution in [1.82, 2.24) is 10.2 Å². The molecule has 1 aromatic rings. The van der Waals surface area contributed by atoms with Crippen molar-refractivity contribution in [1.29, 1.82) is 0 Å². The molecule has 0 aromatic heterocycles. The Labute approximate surface area is 173 Å². The number of alkyl carbamates (subject to hydrolysis) is 1. The molecule has 0 radical (unpaired) electrons. The topological polar surface area (TPSA) is 77.1 Å². The largest absolute Gasteiger partial charge is 0.445 e. The number of rotatable bonds is 8. The van der Waals surface area contributed by atoms with Crippen LogP contribution in [0, 0.1) is 0 Å². The van der Waals surface area contributed by atoms with Gasteiger partial charge in [0.25, 0.3) is 0 Å². The molecule has 1 heterocycles. The first kappa shape index (κ1) is 23.0. The van der Waals surface area contributed by atoms with Crippen LogP contribution in [0.1, 0.15) is 52.0 Å². The Hall–Kier alpha value is -2.28. The maximum atomic E-state index is 12.2. The van der Waals surface area contributed by atoms with Gasteiger partial charge >= 0.3 is 12.2 Å². The van der Waals surface area contributed by atoms with E-state index < -0.39 is 5.60 Å². The van der Waals surface area contributed by atoms with Gasteiger partial charge in [-0.15, -0.1) is 0 Å². The van der Waals surface area contributed by atoms with E-state index in [1.165, 1.54) is 0 Å². The molecule has 1 aliphatic rings. The van der Waals surface area contributed by atoms with Crippen LogP contribution in [-0.4, -0.2) is 55.0 Å². The Morgan fingerprint density at radius 3 is 2.45 bits per heavy atom. The van der Waals surface area contributed by atoms with Crippen LogP contribution >= 0.6 is 0 Å². The summed E-state index contributed by atoms with van der Waals surface area (Å²) in [5.74, 6) is 0. The summed E-state index contributed by atoms with van der Waals surface area (Å²) in [5, 5.41) is 2.74. The highest BCUT2D eigenvalue weighted by Gasteiger charge is 2.24. The maximum Gasteiger partial charge on any atom is 0.410 e. The molecule has 162 valence electrons. The molecule has 29 heavy (non-hydrogen) atoms. The number of nitrogens with one attached hydrogen (secondary N) is 1. The number of likely N-dealkylation sites (tertiary alicyclic amines) is 1. The molecule has 7 heteroatoms. The van der Waals surface area contributed by atoms with Crippen molar-refractivity contribution in [3.05, 3.63) is 35.9 Å². The van der Waals surface area contributed by atoms with E-state index in [4.69, 9.17) is 14.2 Å². The number of hydrogen-bond acceptors (Lipinski definition) is 5. The van der Waals surface area contributed by atoms with Crippen molar-refractivity contribution < 1.29 is 23.8 Å². The van der Waals surface area contributed by atoms with E-state index in [9.17, 15) is 9.59 Å². The summed E-state index contributed by atoms with van der Waals surface area (Å²) in [7, 11) is 0. The number of benzene rings is 1. The molecule has 1 saturated heterocycles. The molecule has 0 saturated carbocycles. The van der Waals surface area contributed by atoms with Crippen LogP contribution in [0.25, 0.3) is 0 Å². The van der Waals surface area contributed by atoms with Crippen molar-refractivity contribution in [3.63, 3.8) is 0 Å². The third-order valence-electron chi connectivity index (χ3n) is 4.50. The van der Waals surface area contributed by atoms with Crippen molar-refractivity contribution in [2.75, 3.05) is 26.2 Å². The monoisotopic (exact) mass is 406 g/mol. The molecule has 0 atom stereocenters. The predicted molar refractivity (Wildman–Crippen MR) is 111 cm³/mol. The minimum atomic E-state index is -0.476. The Morgan fingerprint density at radius 2 is 1.79 bits per heavy atom. The average molecular weight is 407 g/mol. The van der Waals surface area contributed by atoms with E-state index in [2.05, 4.69) is 5.32 Å². The zero-order chi connectivity index (χ0) is 21.1. The first-order valence-corrected chi connectivity index (χ1v) is 10.4. The van der Waals surface area contributed by atoms with Gasteiger partial charge in [0.15, 0.2) is 0 Å². The van der Waals surface area contributed by atoms with Gasteiger partial charge in [0.1, 0.15) is 12.2 Å². The Bertz CT molecular complexity index is 622. The predicted octanol–water partition coefficient (Wildman–Crippen LogP) is 4.11. The number of ether oxygens (including phenoxy) is 3. The van der Waals surface area contributed by atoms with Crippen molar-refractivity contribution in [3.8, 4) is 0 Å². The summed E-state index contributed by atoms with van der Waals surface area (Å²) in [6, 6.07) is 9.68. The summed E-state index contributed by atoms with van der Waals surface area (Å²) in [6.07, 6.45) is 2.86. The standard InChI is InChI=1S/C22H34N2O5/c1-22(2,3)29-20(25)23-13-7-8-16-27-19-11-14-24(15-12-19)21(26)28-17-18-9-5-4-6-10-18/h4-6,9-10,19H,7-8,11-17H2,1-3H3,(H,23,25). The normalized spacial score (nSPS) is 15.1. The molecule has 0 aliphatic carbocycles. The minimum absolute atomic E-state index is 0.173. The van der Waals surface area contributed by atoms with Crippen molar-refractivity contribution in [2.24, 2.45) is 0 Å². The van der Waals surface area contributed by atoms with Crippen LogP contribution in [0.2, 0.25) is 0 Å². The molecule has 1 fully saturated rings. The first-order valence-electron chi connectivity index (χ1n) is 10.4. The summed E-state index contributed by atoms with van der Waals surface area (Å²) < 4.78 is 16.5. The first-order chi connectivity index (χ1) is 13.8. The fraction of sp³-hybridized carbons (Fsp3) is 0.636. The zero-order valence-corrected chi connectivity index (χ0v) is 17.8. The molecule has 0 bridgehead atoms. The number of hydrogen-bond donors (Lipinski definition) is 1. The molecule has 1 N–H and O–H groups in total. The molecule has 2 rings (SSSR count). The Morgan fingerprint density at radius 1 is 1.10 bits per heavy atom. The van der Waals surface area contributed by atoms with Gasteiger partial charge in [0, 0.05) is 26.2 Å². The summed E-state index contributed by atoms with van der Waals surface area (Å²) in [6.45, 7) is 8.35. The van der Waals surface area contributed by atoms with Crippen LogP contribution in [0.4, 0.5) is 9.59 Å². The van der Waals surface area contributed by atoms with E-state index >= 15 is 0 Å². The lowest BCUT2D eigenvalue weighted by molar-refractivity contribution is 0.00344. The van der Waals surface area contributed by atoms with E-state index in [1.54, 1.807) is 4.90 Å². The average Bonchev–Trinajstić information content (AvgIpc) is 2.68. The third kappa shape index (κ3) is 9.65. The van der Waals surface area contributed by atoms with Gasteiger partial charge in [0.05, 0.1) is 6.10 Å². The van der Waals surface area contributed by atoms with Crippen LogP contribution in [0.15, 0.2) is 30.3 Å². The van der Waals surface area contributed by atoms with Crippen molar-refractivity contribution >= 4 is 12.2 Å². The van der Waals surface area contributed by atoms with E-state index in [0.717, 1.165) is 31.2 Å². The summed E-state index contributed by atoms with van der Waals surface area (Å²) in [4.78, 5) is 25.5. The number of carbonyl (C=O) groups is 2. The van der Waals surface area contributed by atoms with E-state index in [0.29, 0.717) is 32.8 Å². The minimum Gasteiger partial charge on any atom is -0.445 e. The molecular weight excluding hydrogens is 372 g/mol. The van der Waals surface area contributed by atoms with E-state index in [1.807, 2.05) is 51.1 Å². The molecule has 1 aromatic carbocycles. The molecule has 0 unspecified atom stereocenters. The highest BCUT2D eigenvalue weighted by Crippen LogP contribution is 2.15. The highest BCUT2D eigenvalue weighted by molar-refractivity contribution is 5.68. The second kappa shape index (κ2) is 11.7. The maximum absolute atomic E-state index is 12.2. The summed E-state index contributed by atoms with van der Waals surface area (Å²) in [5.41, 5.74) is 0.510. The zero-order valence-electron chi connectivity index (χ0n) is 17.8. The number of amides is 2.